The van der Waals surface area contributed by atoms with E-state index in [2.05, 4.69) is 0 Å². The number of carboxylic acids is 1. The Labute approximate surface area is 103 Å². The number of ether oxygens (including phenoxy) is 1. The minimum absolute atomic E-state index is 0.332. The van der Waals surface area contributed by atoms with E-state index in [1.165, 1.54) is 0 Å². The van der Waals surface area contributed by atoms with Crippen molar-refractivity contribution < 1.29 is 23.4 Å². The van der Waals surface area contributed by atoms with Crippen molar-refractivity contribution in [1.29, 1.82) is 0 Å². The minimum atomic E-state index is -2.51. The van der Waals surface area contributed by atoms with Gasteiger partial charge in [-0.2, -0.15) is 0 Å². The maximum absolute atomic E-state index is 12.0. The first kappa shape index (κ1) is 12.8. The second-order valence-electron chi connectivity index (χ2n) is 4.47. The first-order valence-corrected chi connectivity index (χ1v) is 5.79. The smallest absolute Gasteiger partial charge is 0.314 e. The molecule has 0 unspecified atom stereocenters. The summed E-state index contributed by atoms with van der Waals surface area (Å²) in [6, 6.07) is 6.38. The van der Waals surface area contributed by atoms with Gasteiger partial charge in [-0.15, -0.1) is 0 Å². The molecule has 1 aliphatic rings. The third kappa shape index (κ3) is 2.30. The van der Waals surface area contributed by atoms with E-state index in [0.717, 1.165) is 6.42 Å². The maximum Gasteiger partial charge on any atom is 0.314 e. The van der Waals surface area contributed by atoms with Crippen LogP contribution in [0.1, 0.15) is 24.8 Å². The van der Waals surface area contributed by atoms with Gasteiger partial charge in [0.2, 0.25) is 0 Å². The molecule has 1 aliphatic carbocycles. The van der Waals surface area contributed by atoms with Crippen LogP contribution in [0, 0.1) is 0 Å². The largest absolute Gasteiger partial charge is 0.488 e. The summed E-state index contributed by atoms with van der Waals surface area (Å²) in [5, 5.41) is 9.25. The molecule has 18 heavy (non-hydrogen) atoms. The van der Waals surface area contributed by atoms with E-state index >= 15 is 0 Å². The third-order valence-electron chi connectivity index (χ3n) is 3.40. The normalized spacial score (nSPS) is 17.3. The van der Waals surface area contributed by atoms with Crippen molar-refractivity contribution in [3.05, 3.63) is 29.8 Å². The molecule has 0 atom stereocenters. The number of benzene rings is 1. The molecule has 1 aromatic rings. The van der Waals surface area contributed by atoms with Gasteiger partial charge in [-0.05, 0) is 30.5 Å². The molecular formula is C13H14F2O3. The summed E-state index contributed by atoms with van der Waals surface area (Å²) in [6.07, 6.45) is -0.364. The van der Waals surface area contributed by atoms with Gasteiger partial charge in [0.25, 0.3) is 6.43 Å². The lowest BCUT2D eigenvalue weighted by Crippen LogP contribution is -2.42. The summed E-state index contributed by atoms with van der Waals surface area (Å²) in [7, 11) is 0. The quantitative estimate of drug-likeness (QED) is 0.881. The summed E-state index contributed by atoms with van der Waals surface area (Å²) in [5.41, 5.74) is -0.0769. The Morgan fingerprint density at radius 1 is 1.33 bits per heavy atom. The van der Waals surface area contributed by atoms with Crippen LogP contribution in [0.5, 0.6) is 5.75 Å². The molecule has 1 saturated carbocycles. The molecule has 0 aromatic heterocycles. The molecule has 0 heterocycles. The molecule has 0 bridgehead atoms. The van der Waals surface area contributed by atoms with Gasteiger partial charge in [0, 0.05) is 0 Å². The monoisotopic (exact) mass is 256 g/mol. The molecule has 0 saturated heterocycles. The molecule has 1 N–H and O–H groups in total. The lowest BCUT2D eigenvalue weighted by Gasteiger charge is -2.38. The van der Waals surface area contributed by atoms with Gasteiger partial charge in [-0.25, -0.2) is 8.78 Å². The van der Waals surface area contributed by atoms with Crippen molar-refractivity contribution in [3.8, 4) is 5.75 Å². The predicted molar refractivity (Wildman–Crippen MR) is 61.1 cm³/mol. The lowest BCUT2D eigenvalue weighted by molar-refractivity contribution is -0.147. The second-order valence-corrected chi connectivity index (χ2v) is 4.47. The highest BCUT2D eigenvalue weighted by Crippen LogP contribution is 2.44. The number of hydrogen-bond acceptors (Lipinski definition) is 2. The molecule has 0 aliphatic heterocycles. The van der Waals surface area contributed by atoms with Crippen molar-refractivity contribution in [2.24, 2.45) is 0 Å². The van der Waals surface area contributed by atoms with Crippen LogP contribution in [-0.2, 0) is 10.2 Å². The Hall–Kier alpha value is -1.65. The first-order valence-electron chi connectivity index (χ1n) is 5.79. The van der Waals surface area contributed by atoms with E-state index in [1.54, 1.807) is 24.3 Å². The molecular weight excluding hydrogens is 242 g/mol. The Balaban J connectivity index is 2.10. The number of hydrogen-bond donors (Lipinski definition) is 1. The SMILES string of the molecule is O=C(O)C1(c2ccc(OCC(F)F)cc2)CCC1. The van der Waals surface area contributed by atoms with E-state index < -0.39 is 24.4 Å². The highest BCUT2D eigenvalue weighted by Gasteiger charge is 2.45. The lowest BCUT2D eigenvalue weighted by atomic mass is 9.64. The van der Waals surface area contributed by atoms with Gasteiger partial charge < -0.3 is 9.84 Å². The zero-order chi connectivity index (χ0) is 13.2. The number of aliphatic carboxylic acids is 1. The van der Waals surface area contributed by atoms with E-state index in [1.807, 2.05) is 0 Å². The Kier molecular flexibility index (Phi) is 3.50. The van der Waals surface area contributed by atoms with Crippen molar-refractivity contribution in [3.63, 3.8) is 0 Å². The molecule has 0 spiro atoms. The topological polar surface area (TPSA) is 46.5 Å². The number of carbonyl (C=O) groups is 1. The van der Waals surface area contributed by atoms with Crippen LogP contribution in [0.15, 0.2) is 24.3 Å². The zero-order valence-corrected chi connectivity index (χ0v) is 9.73. The maximum atomic E-state index is 12.0. The fourth-order valence-electron chi connectivity index (χ4n) is 2.19. The Morgan fingerprint density at radius 3 is 2.33 bits per heavy atom. The Morgan fingerprint density at radius 2 is 1.94 bits per heavy atom. The number of alkyl halides is 2. The fourth-order valence-corrected chi connectivity index (χ4v) is 2.19. The van der Waals surface area contributed by atoms with E-state index in [-0.39, 0.29) is 0 Å². The van der Waals surface area contributed by atoms with Crippen LogP contribution in [0.4, 0.5) is 8.78 Å². The van der Waals surface area contributed by atoms with Gasteiger partial charge in [-0.1, -0.05) is 18.6 Å². The first-order chi connectivity index (χ1) is 8.54. The summed E-state index contributed by atoms with van der Waals surface area (Å²) >= 11 is 0. The highest BCUT2D eigenvalue weighted by molar-refractivity contribution is 5.82. The van der Waals surface area contributed by atoms with Crippen molar-refractivity contribution in [1.82, 2.24) is 0 Å². The number of rotatable bonds is 5. The van der Waals surface area contributed by atoms with E-state index in [0.29, 0.717) is 24.2 Å². The van der Waals surface area contributed by atoms with Crippen LogP contribution in [0.2, 0.25) is 0 Å². The molecule has 1 fully saturated rings. The van der Waals surface area contributed by atoms with Gasteiger partial charge in [0.1, 0.15) is 12.4 Å². The zero-order valence-electron chi connectivity index (χ0n) is 9.73. The average Bonchev–Trinajstić information content (AvgIpc) is 2.26. The standard InChI is InChI=1S/C13H14F2O3/c14-11(15)8-18-10-4-2-9(3-5-10)13(12(16)17)6-1-7-13/h2-5,11H,1,6-8H2,(H,16,17). The molecule has 2 rings (SSSR count). The van der Waals surface area contributed by atoms with E-state index in [4.69, 9.17) is 4.74 Å². The number of carboxylic acid groups (broad SMARTS) is 1. The van der Waals surface area contributed by atoms with Gasteiger partial charge in [-0.3, -0.25) is 4.79 Å². The van der Waals surface area contributed by atoms with Gasteiger partial charge in [0.15, 0.2) is 0 Å². The molecule has 5 heteroatoms. The van der Waals surface area contributed by atoms with Crippen LogP contribution < -0.4 is 4.74 Å². The van der Waals surface area contributed by atoms with Crippen LogP contribution in [0.25, 0.3) is 0 Å². The predicted octanol–water partition coefficient (Wildman–Crippen LogP) is 2.84. The molecule has 0 radical (unpaired) electrons. The minimum Gasteiger partial charge on any atom is -0.488 e. The van der Waals surface area contributed by atoms with Crippen LogP contribution >= 0.6 is 0 Å². The average molecular weight is 256 g/mol. The van der Waals surface area contributed by atoms with Crippen molar-refractivity contribution in [2.45, 2.75) is 31.1 Å². The van der Waals surface area contributed by atoms with E-state index in [9.17, 15) is 18.7 Å². The van der Waals surface area contributed by atoms with Crippen molar-refractivity contribution in [2.75, 3.05) is 6.61 Å². The van der Waals surface area contributed by atoms with Gasteiger partial charge >= 0.3 is 5.97 Å². The Bertz CT molecular complexity index is 424. The van der Waals surface area contributed by atoms with Crippen molar-refractivity contribution >= 4 is 5.97 Å². The number of halogens is 2. The fraction of sp³-hybridized carbons (Fsp3) is 0.462. The molecule has 1 aromatic carbocycles. The molecule has 3 nitrogen and oxygen atoms in total. The highest BCUT2D eigenvalue weighted by atomic mass is 19.3. The molecule has 0 amide bonds. The van der Waals surface area contributed by atoms with Crippen LogP contribution in [0.3, 0.4) is 0 Å². The second kappa shape index (κ2) is 4.92. The molecule has 98 valence electrons. The summed E-state index contributed by atoms with van der Waals surface area (Å²) in [6.45, 7) is -0.649. The van der Waals surface area contributed by atoms with Crippen LogP contribution in [-0.4, -0.2) is 24.1 Å². The van der Waals surface area contributed by atoms with Gasteiger partial charge in [0.05, 0.1) is 5.41 Å². The summed E-state index contributed by atoms with van der Waals surface area (Å²) in [4.78, 5) is 11.3. The third-order valence-corrected chi connectivity index (χ3v) is 3.40. The summed E-state index contributed by atoms with van der Waals surface area (Å²) in [5.74, 6) is -0.492. The summed E-state index contributed by atoms with van der Waals surface area (Å²) < 4.78 is 28.8.